The van der Waals surface area contributed by atoms with Crippen LogP contribution >= 0.6 is 0 Å². The summed E-state index contributed by atoms with van der Waals surface area (Å²) >= 11 is 0. The van der Waals surface area contributed by atoms with Gasteiger partial charge in [0.05, 0.1) is 0 Å². The summed E-state index contributed by atoms with van der Waals surface area (Å²) in [4.78, 5) is 11.2. The van der Waals surface area contributed by atoms with Crippen molar-refractivity contribution in [3.8, 4) is 0 Å². The van der Waals surface area contributed by atoms with Crippen LogP contribution in [0.1, 0.15) is 26.2 Å². The van der Waals surface area contributed by atoms with Crippen LogP contribution in [0.4, 0.5) is 0 Å². The van der Waals surface area contributed by atoms with Gasteiger partial charge < -0.3 is 10.6 Å². The second-order valence-electron chi connectivity index (χ2n) is 3.85. The fourth-order valence-corrected chi connectivity index (χ4v) is 1.15. The quantitative estimate of drug-likeness (QED) is 0.472. The van der Waals surface area contributed by atoms with Gasteiger partial charge in [0, 0.05) is 25.6 Å². The molecule has 1 saturated carbocycles. The molecule has 0 spiro atoms. The predicted octanol–water partition coefficient (Wildman–Crippen LogP) is 1.07. The van der Waals surface area contributed by atoms with Crippen LogP contribution in [0.15, 0.2) is 12.2 Å². The molecule has 0 aromatic carbocycles. The number of hydrogen-bond donors (Lipinski definition) is 2. The molecule has 3 nitrogen and oxygen atoms in total. The number of nitrogens with one attached hydrogen (secondary N) is 2. The summed E-state index contributed by atoms with van der Waals surface area (Å²) in [6.45, 7) is 8.41. The normalized spacial score (nSPS) is 15.2. The van der Waals surface area contributed by atoms with E-state index >= 15 is 0 Å². The van der Waals surface area contributed by atoms with Gasteiger partial charge in [0.2, 0.25) is 5.91 Å². The highest BCUT2D eigenvalue weighted by molar-refractivity contribution is 5.80. The summed E-state index contributed by atoms with van der Waals surface area (Å²) < 4.78 is 0. The highest BCUT2D eigenvalue weighted by Crippen LogP contribution is 2.28. The fraction of sp³-hybridized carbons (Fsp3) is 0.727. The van der Waals surface area contributed by atoms with Crippen LogP contribution < -0.4 is 10.6 Å². The Morgan fingerprint density at radius 1 is 1.43 bits per heavy atom. The van der Waals surface area contributed by atoms with E-state index in [-0.39, 0.29) is 5.91 Å². The van der Waals surface area contributed by atoms with Crippen LogP contribution in [-0.4, -0.2) is 25.5 Å². The third-order valence-electron chi connectivity index (χ3n) is 2.42. The Labute approximate surface area is 86.0 Å². The molecular formula is C11H20N2O. The van der Waals surface area contributed by atoms with Crippen molar-refractivity contribution in [1.82, 2.24) is 10.6 Å². The predicted molar refractivity (Wildman–Crippen MR) is 58.0 cm³/mol. The molecule has 2 N–H and O–H groups in total. The molecule has 0 saturated heterocycles. The van der Waals surface area contributed by atoms with E-state index in [2.05, 4.69) is 24.1 Å². The Balaban J connectivity index is 1.88. The van der Waals surface area contributed by atoms with Crippen molar-refractivity contribution < 1.29 is 4.79 Å². The van der Waals surface area contributed by atoms with E-state index in [4.69, 9.17) is 0 Å². The summed E-state index contributed by atoms with van der Waals surface area (Å²) in [5.41, 5.74) is 1.21. The molecule has 1 fully saturated rings. The standard InChI is InChI=1S/C11H20N2O/c1-3-9(2)8-12-6-7-13-11(14)10-4-5-10/h10,12H,2-8H2,1H3,(H,13,14). The maximum absolute atomic E-state index is 11.2. The first-order chi connectivity index (χ1) is 6.74. The molecule has 0 aliphatic heterocycles. The zero-order valence-electron chi connectivity index (χ0n) is 8.94. The molecule has 0 atom stereocenters. The lowest BCUT2D eigenvalue weighted by Crippen LogP contribution is -2.33. The third kappa shape index (κ3) is 4.42. The van der Waals surface area contributed by atoms with Crippen LogP contribution in [0, 0.1) is 5.92 Å². The molecule has 0 aromatic rings. The summed E-state index contributed by atoms with van der Waals surface area (Å²) in [6.07, 6.45) is 3.17. The topological polar surface area (TPSA) is 41.1 Å². The smallest absolute Gasteiger partial charge is 0.223 e. The Bertz CT molecular complexity index is 209. The molecular weight excluding hydrogens is 176 g/mol. The highest BCUT2D eigenvalue weighted by Gasteiger charge is 2.28. The lowest BCUT2D eigenvalue weighted by Gasteiger charge is -2.06. The van der Waals surface area contributed by atoms with Crippen LogP contribution in [0.5, 0.6) is 0 Å². The van der Waals surface area contributed by atoms with Gasteiger partial charge >= 0.3 is 0 Å². The van der Waals surface area contributed by atoms with Gasteiger partial charge in [0.1, 0.15) is 0 Å². The summed E-state index contributed by atoms with van der Waals surface area (Å²) in [5.74, 6) is 0.543. The molecule has 3 heteroatoms. The van der Waals surface area contributed by atoms with Gasteiger partial charge in [-0.3, -0.25) is 4.79 Å². The summed E-state index contributed by atoms with van der Waals surface area (Å²) in [5, 5.41) is 6.14. The molecule has 1 amide bonds. The number of rotatable bonds is 7. The van der Waals surface area contributed by atoms with E-state index in [0.717, 1.165) is 38.9 Å². The van der Waals surface area contributed by atoms with Gasteiger partial charge in [0.25, 0.3) is 0 Å². The third-order valence-corrected chi connectivity index (χ3v) is 2.42. The first-order valence-electron chi connectivity index (χ1n) is 5.39. The van der Waals surface area contributed by atoms with Gasteiger partial charge in [-0.15, -0.1) is 0 Å². The van der Waals surface area contributed by atoms with E-state index < -0.39 is 0 Å². The summed E-state index contributed by atoms with van der Waals surface area (Å²) in [6, 6.07) is 0. The van der Waals surface area contributed by atoms with Crippen molar-refractivity contribution in [1.29, 1.82) is 0 Å². The molecule has 80 valence electrons. The molecule has 0 radical (unpaired) electrons. The van der Waals surface area contributed by atoms with Crippen LogP contribution in [-0.2, 0) is 4.79 Å². The molecule has 1 rings (SSSR count). The van der Waals surface area contributed by atoms with Crippen molar-refractivity contribution in [3.05, 3.63) is 12.2 Å². The van der Waals surface area contributed by atoms with Crippen molar-refractivity contribution in [2.24, 2.45) is 5.92 Å². The van der Waals surface area contributed by atoms with Crippen LogP contribution in [0.2, 0.25) is 0 Å². The second kappa shape index (κ2) is 5.81. The Kier molecular flexibility index (Phi) is 4.66. The van der Waals surface area contributed by atoms with Gasteiger partial charge in [0.15, 0.2) is 0 Å². The van der Waals surface area contributed by atoms with E-state index in [9.17, 15) is 4.79 Å². The minimum absolute atomic E-state index is 0.223. The lowest BCUT2D eigenvalue weighted by atomic mass is 10.2. The largest absolute Gasteiger partial charge is 0.355 e. The van der Waals surface area contributed by atoms with E-state index in [1.165, 1.54) is 5.57 Å². The number of amides is 1. The highest BCUT2D eigenvalue weighted by atomic mass is 16.2. The van der Waals surface area contributed by atoms with E-state index in [1.807, 2.05) is 0 Å². The van der Waals surface area contributed by atoms with Gasteiger partial charge in [-0.05, 0) is 19.3 Å². The first kappa shape index (κ1) is 11.2. The molecule has 1 aliphatic carbocycles. The van der Waals surface area contributed by atoms with Gasteiger partial charge in [-0.25, -0.2) is 0 Å². The van der Waals surface area contributed by atoms with Gasteiger partial charge in [-0.2, -0.15) is 0 Å². The number of carbonyl (C=O) groups excluding carboxylic acids is 1. The average Bonchev–Trinajstić information content (AvgIpc) is 2.99. The minimum atomic E-state index is 0.223. The fourth-order valence-electron chi connectivity index (χ4n) is 1.15. The van der Waals surface area contributed by atoms with E-state index in [0.29, 0.717) is 5.92 Å². The maximum atomic E-state index is 11.2. The Morgan fingerprint density at radius 2 is 2.14 bits per heavy atom. The zero-order chi connectivity index (χ0) is 10.4. The van der Waals surface area contributed by atoms with Crippen LogP contribution in [0.3, 0.4) is 0 Å². The van der Waals surface area contributed by atoms with Crippen molar-refractivity contribution in [2.45, 2.75) is 26.2 Å². The Morgan fingerprint density at radius 3 is 2.71 bits per heavy atom. The maximum Gasteiger partial charge on any atom is 0.223 e. The number of carbonyl (C=O) groups is 1. The number of hydrogen-bond acceptors (Lipinski definition) is 2. The molecule has 0 unspecified atom stereocenters. The summed E-state index contributed by atoms with van der Waals surface area (Å²) in [7, 11) is 0. The van der Waals surface area contributed by atoms with Crippen molar-refractivity contribution in [2.75, 3.05) is 19.6 Å². The second-order valence-corrected chi connectivity index (χ2v) is 3.85. The van der Waals surface area contributed by atoms with Gasteiger partial charge in [-0.1, -0.05) is 19.1 Å². The molecule has 1 aliphatic rings. The molecule has 0 aromatic heterocycles. The van der Waals surface area contributed by atoms with E-state index in [1.54, 1.807) is 0 Å². The van der Waals surface area contributed by atoms with Crippen LogP contribution in [0.25, 0.3) is 0 Å². The minimum Gasteiger partial charge on any atom is -0.355 e. The first-order valence-corrected chi connectivity index (χ1v) is 5.39. The monoisotopic (exact) mass is 196 g/mol. The zero-order valence-corrected chi connectivity index (χ0v) is 8.94. The SMILES string of the molecule is C=C(CC)CNCCNC(=O)C1CC1. The van der Waals surface area contributed by atoms with Crippen molar-refractivity contribution in [3.63, 3.8) is 0 Å². The van der Waals surface area contributed by atoms with Crippen molar-refractivity contribution >= 4 is 5.91 Å². The molecule has 0 heterocycles. The lowest BCUT2D eigenvalue weighted by molar-refractivity contribution is -0.122. The Hall–Kier alpha value is -0.830. The molecule has 14 heavy (non-hydrogen) atoms. The molecule has 0 bridgehead atoms. The average molecular weight is 196 g/mol.